The minimum atomic E-state index is -0.357. The van der Waals surface area contributed by atoms with Crippen LogP contribution in [-0.4, -0.2) is 13.1 Å². The van der Waals surface area contributed by atoms with Crippen LogP contribution >= 0.6 is 11.6 Å². The zero-order valence-electron chi connectivity index (χ0n) is 10.4. The van der Waals surface area contributed by atoms with Crippen LogP contribution in [0.15, 0.2) is 48.5 Å². The second kappa shape index (κ2) is 6.25. The Morgan fingerprint density at radius 3 is 2.26 bits per heavy atom. The molecule has 0 saturated heterocycles. The molecule has 0 atom stereocenters. The van der Waals surface area contributed by atoms with Gasteiger partial charge in [-0.15, -0.1) is 0 Å². The van der Waals surface area contributed by atoms with Gasteiger partial charge >= 0.3 is 5.97 Å². The van der Waals surface area contributed by atoms with E-state index in [9.17, 15) is 4.79 Å². The van der Waals surface area contributed by atoms with Crippen molar-refractivity contribution in [2.75, 3.05) is 7.11 Å². The van der Waals surface area contributed by atoms with Crippen molar-refractivity contribution in [2.45, 2.75) is 6.61 Å². The smallest absolute Gasteiger partial charge is 0.337 e. The molecule has 0 spiro atoms. The number of ether oxygens (including phenoxy) is 2. The third-order valence-electron chi connectivity index (χ3n) is 2.59. The molecular formula is C15H13ClO3. The zero-order valence-corrected chi connectivity index (χ0v) is 11.2. The number of rotatable bonds is 4. The standard InChI is InChI=1S/C15H13ClO3/c1-18-15(17)12-4-8-14(9-5-12)19-10-11-2-6-13(16)7-3-11/h2-9H,10H2,1H3. The molecule has 0 heterocycles. The molecular weight excluding hydrogens is 264 g/mol. The van der Waals surface area contributed by atoms with Gasteiger partial charge in [0.25, 0.3) is 0 Å². The molecule has 0 fully saturated rings. The molecule has 2 rings (SSSR count). The van der Waals surface area contributed by atoms with E-state index in [2.05, 4.69) is 4.74 Å². The molecule has 0 aliphatic rings. The Morgan fingerprint density at radius 1 is 1.05 bits per heavy atom. The quantitative estimate of drug-likeness (QED) is 0.799. The lowest BCUT2D eigenvalue weighted by atomic mass is 10.2. The molecule has 0 aliphatic heterocycles. The van der Waals surface area contributed by atoms with Crippen LogP contribution in [0.5, 0.6) is 5.75 Å². The molecule has 4 heteroatoms. The summed E-state index contributed by atoms with van der Waals surface area (Å²) in [5.74, 6) is 0.340. The summed E-state index contributed by atoms with van der Waals surface area (Å²) in [5.41, 5.74) is 1.53. The monoisotopic (exact) mass is 276 g/mol. The Kier molecular flexibility index (Phi) is 4.42. The maximum absolute atomic E-state index is 11.3. The Hall–Kier alpha value is -2.00. The van der Waals surface area contributed by atoms with E-state index < -0.39 is 0 Å². The highest BCUT2D eigenvalue weighted by Gasteiger charge is 2.04. The largest absolute Gasteiger partial charge is 0.489 e. The van der Waals surface area contributed by atoms with Crippen LogP contribution in [0.25, 0.3) is 0 Å². The van der Waals surface area contributed by atoms with Gasteiger partial charge in [-0.1, -0.05) is 23.7 Å². The van der Waals surface area contributed by atoms with E-state index in [4.69, 9.17) is 16.3 Å². The van der Waals surface area contributed by atoms with E-state index in [1.54, 1.807) is 24.3 Å². The number of carbonyl (C=O) groups is 1. The van der Waals surface area contributed by atoms with Gasteiger partial charge in [0.05, 0.1) is 12.7 Å². The Labute approximate surface area is 116 Å². The average molecular weight is 277 g/mol. The first kappa shape index (κ1) is 13.4. The molecule has 98 valence electrons. The fraction of sp³-hybridized carbons (Fsp3) is 0.133. The van der Waals surface area contributed by atoms with E-state index in [-0.39, 0.29) is 5.97 Å². The van der Waals surface area contributed by atoms with Gasteiger partial charge in [-0.2, -0.15) is 0 Å². The van der Waals surface area contributed by atoms with E-state index in [1.807, 2.05) is 24.3 Å². The predicted octanol–water partition coefficient (Wildman–Crippen LogP) is 3.71. The van der Waals surface area contributed by atoms with E-state index in [1.165, 1.54) is 7.11 Å². The van der Waals surface area contributed by atoms with Crippen molar-refractivity contribution in [1.82, 2.24) is 0 Å². The van der Waals surface area contributed by atoms with Gasteiger partial charge in [0.15, 0.2) is 0 Å². The second-order valence-electron chi connectivity index (χ2n) is 3.93. The summed E-state index contributed by atoms with van der Waals surface area (Å²) in [7, 11) is 1.35. The first-order chi connectivity index (χ1) is 9.19. The fourth-order valence-electron chi connectivity index (χ4n) is 1.55. The fourth-order valence-corrected chi connectivity index (χ4v) is 1.68. The maximum atomic E-state index is 11.3. The third kappa shape index (κ3) is 3.73. The van der Waals surface area contributed by atoms with Crippen LogP contribution in [0.3, 0.4) is 0 Å². The summed E-state index contributed by atoms with van der Waals surface area (Å²) in [5, 5.41) is 0.700. The lowest BCUT2D eigenvalue weighted by Gasteiger charge is -2.07. The zero-order chi connectivity index (χ0) is 13.7. The van der Waals surface area contributed by atoms with Gasteiger partial charge in [0.1, 0.15) is 12.4 Å². The maximum Gasteiger partial charge on any atom is 0.337 e. The minimum absolute atomic E-state index is 0.357. The van der Waals surface area contributed by atoms with Crippen molar-refractivity contribution in [3.05, 3.63) is 64.7 Å². The van der Waals surface area contributed by atoms with Crippen LogP contribution in [0, 0.1) is 0 Å². The number of hydrogen-bond acceptors (Lipinski definition) is 3. The van der Waals surface area contributed by atoms with E-state index in [0.29, 0.717) is 22.9 Å². The summed E-state index contributed by atoms with van der Waals surface area (Å²) in [6.45, 7) is 0.453. The highest BCUT2D eigenvalue weighted by atomic mass is 35.5. The number of methoxy groups -OCH3 is 1. The molecule has 0 bridgehead atoms. The number of halogens is 1. The first-order valence-electron chi connectivity index (χ1n) is 5.74. The Morgan fingerprint density at radius 2 is 1.68 bits per heavy atom. The summed E-state index contributed by atoms with van der Waals surface area (Å²) in [6.07, 6.45) is 0. The van der Waals surface area contributed by atoms with Crippen molar-refractivity contribution in [1.29, 1.82) is 0 Å². The first-order valence-corrected chi connectivity index (χ1v) is 6.12. The van der Waals surface area contributed by atoms with Crippen LogP contribution in [0.2, 0.25) is 5.02 Å². The van der Waals surface area contributed by atoms with Gasteiger partial charge < -0.3 is 9.47 Å². The summed E-state index contributed by atoms with van der Waals surface area (Å²) in [6, 6.07) is 14.3. The molecule has 19 heavy (non-hydrogen) atoms. The molecule has 2 aromatic rings. The van der Waals surface area contributed by atoms with Crippen LogP contribution in [0.4, 0.5) is 0 Å². The molecule has 0 radical (unpaired) electrons. The SMILES string of the molecule is COC(=O)c1ccc(OCc2ccc(Cl)cc2)cc1. The third-order valence-corrected chi connectivity index (χ3v) is 2.85. The lowest BCUT2D eigenvalue weighted by Crippen LogP contribution is -2.01. The Bertz CT molecular complexity index is 547. The van der Waals surface area contributed by atoms with Crippen molar-refractivity contribution >= 4 is 17.6 Å². The van der Waals surface area contributed by atoms with Crippen LogP contribution < -0.4 is 4.74 Å². The van der Waals surface area contributed by atoms with Crippen molar-refractivity contribution < 1.29 is 14.3 Å². The molecule has 0 unspecified atom stereocenters. The minimum Gasteiger partial charge on any atom is -0.489 e. The van der Waals surface area contributed by atoms with Gasteiger partial charge in [0, 0.05) is 5.02 Å². The summed E-state index contributed by atoms with van der Waals surface area (Å²) < 4.78 is 10.2. The molecule has 0 aliphatic carbocycles. The Balaban J connectivity index is 1.96. The number of carbonyl (C=O) groups excluding carboxylic acids is 1. The second-order valence-corrected chi connectivity index (χ2v) is 4.37. The van der Waals surface area contributed by atoms with Crippen molar-refractivity contribution in [2.24, 2.45) is 0 Å². The van der Waals surface area contributed by atoms with Gasteiger partial charge in [-0.3, -0.25) is 0 Å². The molecule has 3 nitrogen and oxygen atoms in total. The lowest BCUT2D eigenvalue weighted by molar-refractivity contribution is 0.0600. The van der Waals surface area contributed by atoms with E-state index >= 15 is 0 Å². The normalized spacial score (nSPS) is 10.0. The van der Waals surface area contributed by atoms with Crippen molar-refractivity contribution in [3.8, 4) is 5.75 Å². The number of benzene rings is 2. The van der Waals surface area contributed by atoms with Gasteiger partial charge in [-0.25, -0.2) is 4.79 Å². The van der Waals surface area contributed by atoms with E-state index in [0.717, 1.165) is 5.56 Å². The molecule has 0 aromatic heterocycles. The predicted molar refractivity (Wildman–Crippen MR) is 73.6 cm³/mol. The summed E-state index contributed by atoms with van der Waals surface area (Å²) >= 11 is 5.81. The molecule has 0 saturated carbocycles. The van der Waals surface area contributed by atoms with Crippen LogP contribution in [-0.2, 0) is 11.3 Å². The molecule has 0 amide bonds. The van der Waals surface area contributed by atoms with Crippen molar-refractivity contribution in [3.63, 3.8) is 0 Å². The highest BCUT2D eigenvalue weighted by molar-refractivity contribution is 6.30. The number of esters is 1. The molecule has 0 N–H and O–H groups in total. The summed E-state index contributed by atoms with van der Waals surface area (Å²) in [4.78, 5) is 11.3. The van der Waals surface area contributed by atoms with Gasteiger partial charge in [-0.05, 0) is 42.0 Å². The number of hydrogen-bond donors (Lipinski definition) is 0. The molecule has 2 aromatic carbocycles. The van der Waals surface area contributed by atoms with Gasteiger partial charge in [0.2, 0.25) is 0 Å². The average Bonchev–Trinajstić information content (AvgIpc) is 2.46. The highest BCUT2D eigenvalue weighted by Crippen LogP contribution is 2.16. The van der Waals surface area contributed by atoms with Crippen LogP contribution in [0.1, 0.15) is 15.9 Å². The topological polar surface area (TPSA) is 35.5 Å².